The lowest BCUT2D eigenvalue weighted by Gasteiger charge is -2.33. The molecule has 0 unspecified atom stereocenters. The summed E-state index contributed by atoms with van der Waals surface area (Å²) in [6.45, 7) is 6.54. The van der Waals surface area contributed by atoms with Crippen LogP contribution in [0, 0.1) is 16.0 Å². The molecule has 1 saturated heterocycles. The van der Waals surface area contributed by atoms with Gasteiger partial charge in [0.25, 0.3) is 5.69 Å². The Morgan fingerprint density at radius 1 is 1.31 bits per heavy atom. The normalized spacial score (nSPS) is 15.0. The SMILES string of the molecule is CC1CCN(c2ccc([N+](=O)[O-])cc2C(=O)OCC(=O)OC(C)C)CC1. The number of anilines is 1. The minimum atomic E-state index is -0.775. The Labute approximate surface area is 152 Å². The Kier molecular flexibility index (Phi) is 6.54. The maximum atomic E-state index is 12.5. The van der Waals surface area contributed by atoms with Crippen LogP contribution in [0.3, 0.4) is 0 Å². The molecule has 142 valence electrons. The van der Waals surface area contributed by atoms with E-state index in [4.69, 9.17) is 9.47 Å². The molecule has 26 heavy (non-hydrogen) atoms. The van der Waals surface area contributed by atoms with Gasteiger partial charge in [-0.25, -0.2) is 9.59 Å². The third kappa shape index (κ3) is 5.18. The molecule has 1 aromatic rings. The van der Waals surface area contributed by atoms with E-state index in [-0.39, 0.29) is 17.4 Å². The van der Waals surface area contributed by atoms with Crippen molar-refractivity contribution in [3.8, 4) is 0 Å². The van der Waals surface area contributed by atoms with E-state index in [1.54, 1.807) is 19.9 Å². The van der Waals surface area contributed by atoms with E-state index in [9.17, 15) is 19.7 Å². The highest BCUT2D eigenvalue weighted by Crippen LogP contribution is 2.29. The number of esters is 2. The molecule has 0 spiro atoms. The molecule has 1 aliphatic rings. The van der Waals surface area contributed by atoms with Gasteiger partial charge in [-0.15, -0.1) is 0 Å². The Hall–Kier alpha value is -2.64. The Balaban J connectivity index is 2.20. The lowest BCUT2D eigenvalue weighted by molar-refractivity contribution is -0.384. The van der Waals surface area contributed by atoms with Crippen molar-refractivity contribution in [3.05, 3.63) is 33.9 Å². The fraction of sp³-hybridized carbons (Fsp3) is 0.556. The number of ether oxygens (including phenoxy) is 2. The molecule has 1 aliphatic heterocycles. The molecule has 8 nitrogen and oxygen atoms in total. The number of benzene rings is 1. The number of carbonyl (C=O) groups excluding carboxylic acids is 2. The van der Waals surface area contributed by atoms with Crippen molar-refractivity contribution in [3.63, 3.8) is 0 Å². The predicted octanol–water partition coefficient (Wildman–Crippen LogP) is 2.94. The van der Waals surface area contributed by atoms with Gasteiger partial charge in [0.1, 0.15) is 0 Å². The zero-order valence-corrected chi connectivity index (χ0v) is 15.3. The molecule has 0 atom stereocenters. The van der Waals surface area contributed by atoms with E-state index in [1.165, 1.54) is 12.1 Å². The number of rotatable bonds is 6. The third-order valence-corrected chi connectivity index (χ3v) is 4.22. The van der Waals surface area contributed by atoms with Gasteiger partial charge in [-0.05, 0) is 38.7 Å². The number of piperidine rings is 1. The Morgan fingerprint density at radius 2 is 1.96 bits per heavy atom. The van der Waals surface area contributed by atoms with Gasteiger partial charge in [0, 0.05) is 25.2 Å². The molecule has 2 rings (SSSR count). The summed E-state index contributed by atoms with van der Waals surface area (Å²) in [5.41, 5.74) is 0.478. The lowest BCUT2D eigenvalue weighted by Crippen LogP contribution is -2.34. The molecule has 0 amide bonds. The highest BCUT2D eigenvalue weighted by Gasteiger charge is 2.25. The molecular weight excluding hydrogens is 340 g/mol. The van der Waals surface area contributed by atoms with Crippen LogP contribution >= 0.6 is 0 Å². The van der Waals surface area contributed by atoms with Gasteiger partial charge in [-0.2, -0.15) is 0 Å². The summed E-state index contributed by atoms with van der Waals surface area (Å²) in [6.07, 6.45) is 1.64. The fourth-order valence-electron chi connectivity index (χ4n) is 2.83. The van der Waals surface area contributed by atoms with Gasteiger partial charge in [-0.3, -0.25) is 10.1 Å². The molecule has 0 N–H and O–H groups in total. The highest BCUT2D eigenvalue weighted by molar-refractivity contribution is 5.97. The van der Waals surface area contributed by atoms with E-state index < -0.39 is 23.5 Å². The summed E-state index contributed by atoms with van der Waals surface area (Å²) in [4.78, 5) is 36.5. The molecule has 1 aromatic carbocycles. The van der Waals surface area contributed by atoms with Gasteiger partial charge in [-0.1, -0.05) is 6.92 Å². The summed E-state index contributed by atoms with van der Waals surface area (Å²) in [6, 6.07) is 4.14. The van der Waals surface area contributed by atoms with Crippen molar-refractivity contribution in [1.29, 1.82) is 0 Å². The molecule has 1 heterocycles. The number of non-ortho nitro benzene ring substituents is 1. The second-order valence-corrected chi connectivity index (χ2v) is 6.74. The first-order valence-corrected chi connectivity index (χ1v) is 8.68. The molecular formula is C18H24N2O6. The van der Waals surface area contributed by atoms with Crippen LogP contribution in [0.1, 0.15) is 44.0 Å². The minimum Gasteiger partial charge on any atom is -0.460 e. The average Bonchev–Trinajstić information content (AvgIpc) is 2.59. The topological polar surface area (TPSA) is 99.0 Å². The Bertz CT molecular complexity index is 680. The highest BCUT2D eigenvalue weighted by atomic mass is 16.6. The summed E-state index contributed by atoms with van der Waals surface area (Å²) in [5.74, 6) is -0.833. The zero-order chi connectivity index (χ0) is 19.3. The second-order valence-electron chi connectivity index (χ2n) is 6.74. The van der Waals surface area contributed by atoms with E-state index in [0.29, 0.717) is 11.6 Å². The number of nitro benzene ring substituents is 1. The fourth-order valence-corrected chi connectivity index (χ4v) is 2.83. The monoisotopic (exact) mass is 364 g/mol. The maximum Gasteiger partial charge on any atom is 0.344 e. The first kappa shape index (κ1) is 19.7. The van der Waals surface area contributed by atoms with E-state index in [2.05, 4.69) is 6.92 Å². The molecule has 0 saturated carbocycles. The summed E-state index contributed by atoms with van der Waals surface area (Å²) >= 11 is 0. The maximum absolute atomic E-state index is 12.5. The van der Waals surface area contributed by atoms with Crippen LogP contribution in [-0.2, 0) is 14.3 Å². The number of carbonyl (C=O) groups is 2. The van der Waals surface area contributed by atoms with Gasteiger partial charge in [0.2, 0.25) is 0 Å². The first-order chi connectivity index (χ1) is 12.3. The van der Waals surface area contributed by atoms with E-state index >= 15 is 0 Å². The molecule has 0 radical (unpaired) electrons. The van der Waals surface area contributed by atoms with Gasteiger partial charge in [0.05, 0.1) is 22.3 Å². The molecule has 1 fully saturated rings. The van der Waals surface area contributed by atoms with Gasteiger partial charge >= 0.3 is 11.9 Å². The number of nitro groups is 1. The van der Waals surface area contributed by atoms with Crippen LogP contribution in [0.25, 0.3) is 0 Å². The van der Waals surface area contributed by atoms with Gasteiger partial charge < -0.3 is 14.4 Å². The second kappa shape index (κ2) is 8.64. The van der Waals surface area contributed by atoms with Crippen molar-refractivity contribution in [1.82, 2.24) is 0 Å². The smallest absolute Gasteiger partial charge is 0.344 e. The molecule has 0 bridgehead atoms. The van der Waals surface area contributed by atoms with Crippen molar-refractivity contribution < 1.29 is 24.0 Å². The van der Waals surface area contributed by atoms with E-state index in [1.807, 2.05) is 4.90 Å². The first-order valence-electron chi connectivity index (χ1n) is 8.68. The molecule has 8 heteroatoms. The number of nitrogens with zero attached hydrogens (tertiary/aromatic N) is 2. The summed E-state index contributed by atoms with van der Waals surface area (Å²) in [7, 11) is 0. The van der Waals surface area contributed by atoms with Crippen LogP contribution < -0.4 is 4.90 Å². The average molecular weight is 364 g/mol. The van der Waals surface area contributed by atoms with Crippen molar-refractivity contribution in [2.75, 3.05) is 24.6 Å². The quantitative estimate of drug-likeness (QED) is 0.435. The van der Waals surface area contributed by atoms with Crippen molar-refractivity contribution >= 4 is 23.3 Å². The summed E-state index contributed by atoms with van der Waals surface area (Å²) in [5, 5.41) is 11.1. The van der Waals surface area contributed by atoms with Gasteiger partial charge in [0.15, 0.2) is 6.61 Å². The molecule has 0 aliphatic carbocycles. The lowest BCUT2D eigenvalue weighted by atomic mass is 9.98. The standard InChI is InChI=1S/C18H24N2O6/c1-12(2)26-17(21)11-25-18(22)15-10-14(20(23)24)4-5-16(15)19-8-6-13(3)7-9-19/h4-5,10,12-13H,6-9,11H2,1-3H3. The van der Waals surface area contributed by atoms with Crippen LogP contribution in [0.2, 0.25) is 0 Å². The zero-order valence-electron chi connectivity index (χ0n) is 15.3. The Morgan fingerprint density at radius 3 is 2.54 bits per heavy atom. The summed E-state index contributed by atoms with van der Waals surface area (Å²) < 4.78 is 9.94. The van der Waals surface area contributed by atoms with Crippen LogP contribution in [0.5, 0.6) is 0 Å². The minimum absolute atomic E-state index is 0.0890. The third-order valence-electron chi connectivity index (χ3n) is 4.22. The van der Waals surface area contributed by atoms with E-state index in [0.717, 1.165) is 25.9 Å². The predicted molar refractivity (Wildman–Crippen MR) is 95.2 cm³/mol. The van der Waals surface area contributed by atoms with Crippen molar-refractivity contribution in [2.45, 2.75) is 39.7 Å². The largest absolute Gasteiger partial charge is 0.460 e. The van der Waals surface area contributed by atoms with Crippen LogP contribution in [0.4, 0.5) is 11.4 Å². The molecule has 0 aromatic heterocycles. The van der Waals surface area contributed by atoms with Crippen LogP contribution in [-0.4, -0.2) is 42.7 Å². The van der Waals surface area contributed by atoms with Crippen molar-refractivity contribution in [2.24, 2.45) is 5.92 Å². The number of hydrogen-bond acceptors (Lipinski definition) is 7. The number of hydrogen-bond donors (Lipinski definition) is 0. The van der Waals surface area contributed by atoms with Crippen LogP contribution in [0.15, 0.2) is 18.2 Å².